The van der Waals surface area contributed by atoms with Gasteiger partial charge in [-0.2, -0.15) is 0 Å². The Hall–Kier alpha value is -2.44. The van der Waals surface area contributed by atoms with Gasteiger partial charge in [0.05, 0.1) is 17.1 Å². The summed E-state index contributed by atoms with van der Waals surface area (Å²) in [6.07, 6.45) is 5.35. The van der Waals surface area contributed by atoms with Gasteiger partial charge < -0.3 is 9.52 Å². The predicted octanol–water partition coefficient (Wildman–Crippen LogP) is 4.56. The van der Waals surface area contributed by atoms with Gasteiger partial charge in [0, 0.05) is 30.1 Å². The maximum absolute atomic E-state index is 11.4. The number of hydrogen-bond donors (Lipinski definition) is 1. The zero-order valence-corrected chi connectivity index (χ0v) is 15.8. The number of piperidine rings is 1. The SMILES string of the molecule is O=C(O)c1ccccc1-c1ccc(CN2CCC[C@H](Cc3nccs3)C2)o1. The van der Waals surface area contributed by atoms with Crippen LogP contribution in [0.5, 0.6) is 0 Å². The van der Waals surface area contributed by atoms with Crippen LogP contribution >= 0.6 is 11.3 Å². The first-order chi connectivity index (χ1) is 13.2. The predicted molar refractivity (Wildman–Crippen MR) is 105 cm³/mol. The Morgan fingerprint density at radius 2 is 2.19 bits per heavy atom. The van der Waals surface area contributed by atoms with E-state index in [1.54, 1.807) is 29.5 Å². The van der Waals surface area contributed by atoms with E-state index in [4.69, 9.17) is 4.42 Å². The molecule has 0 bridgehead atoms. The van der Waals surface area contributed by atoms with E-state index in [0.717, 1.165) is 31.8 Å². The van der Waals surface area contributed by atoms with Crippen LogP contribution in [0.25, 0.3) is 11.3 Å². The van der Waals surface area contributed by atoms with Gasteiger partial charge in [-0.1, -0.05) is 18.2 Å². The number of aromatic nitrogens is 1. The number of carbonyl (C=O) groups is 1. The largest absolute Gasteiger partial charge is 0.478 e. The quantitative estimate of drug-likeness (QED) is 0.677. The molecule has 6 heteroatoms. The van der Waals surface area contributed by atoms with Crippen molar-refractivity contribution in [3.8, 4) is 11.3 Å². The molecule has 1 aliphatic heterocycles. The zero-order valence-electron chi connectivity index (χ0n) is 15.0. The lowest BCUT2D eigenvalue weighted by Gasteiger charge is -2.31. The van der Waals surface area contributed by atoms with E-state index in [0.29, 0.717) is 17.2 Å². The molecular formula is C21H22N2O3S. The van der Waals surface area contributed by atoms with Crippen molar-refractivity contribution in [2.45, 2.75) is 25.8 Å². The summed E-state index contributed by atoms with van der Waals surface area (Å²) in [6.45, 7) is 2.86. The third kappa shape index (κ3) is 4.28. The fraction of sp³-hybridized carbons (Fsp3) is 0.333. The molecule has 0 radical (unpaired) electrons. The molecule has 3 aromatic rings. The number of hydrogen-bond acceptors (Lipinski definition) is 5. The summed E-state index contributed by atoms with van der Waals surface area (Å²) >= 11 is 1.73. The highest BCUT2D eigenvalue weighted by molar-refractivity contribution is 7.09. The average molecular weight is 382 g/mol. The van der Waals surface area contributed by atoms with Crippen molar-refractivity contribution in [2.75, 3.05) is 13.1 Å². The van der Waals surface area contributed by atoms with Crippen LogP contribution in [0.4, 0.5) is 0 Å². The van der Waals surface area contributed by atoms with Gasteiger partial charge in [-0.3, -0.25) is 4.90 Å². The molecule has 140 valence electrons. The maximum atomic E-state index is 11.4. The Morgan fingerprint density at radius 1 is 1.30 bits per heavy atom. The van der Waals surface area contributed by atoms with Crippen LogP contribution in [-0.4, -0.2) is 34.0 Å². The van der Waals surface area contributed by atoms with E-state index in [9.17, 15) is 9.90 Å². The Kier molecular flexibility index (Phi) is 5.36. The molecule has 0 saturated carbocycles. The number of nitrogens with zero attached hydrogens (tertiary/aromatic N) is 2. The molecule has 0 amide bonds. The average Bonchev–Trinajstić information content (AvgIpc) is 3.34. The molecular weight excluding hydrogens is 360 g/mol. The molecule has 1 aromatic carbocycles. The number of rotatable bonds is 6. The molecule has 27 heavy (non-hydrogen) atoms. The second-order valence-corrected chi connectivity index (χ2v) is 7.97. The van der Waals surface area contributed by atoms with Crippen LogP contribution in [0.1, 0.15) is 34.0 Å². The highest BCUT2D eigenvalue weighted by Gasteiger charge is 2.22. The number of likely N-dealkylation sites (tertiary alicyclic amines) is 1. The summed E-state index contributed by atoms with van der Waals surface area (Å²) in [6, 6.07) is 10.8. The lowest BCUT2D eigenvalue weighted by atomic mass is 9.95. The smallest absolute Gasteiger partial charge is 0.336 e. The van der Waals surface area contributed by atoms with Crippen LogP contribution in [0.3, 0.4) is 0 Å². The Morgan fingerprint density at radius 3 is 3.00 bits per heavy atom. The fourth-order valence-corrected chi connectivity index (χ4v) is 4.51. The van der Waals surface area contributed by atoms with Crippen molar-refractivity contribution in [3.63, 3.8) is 0 Å². The van der Waals surface area contributed by atoms with Crippen molar-refractivity contribution in [1.29, 1.82) is 0 Å². The molecule has 1 aliphatic rings. The molecule has 0 aliphatic carbocycles. The highest BCUT2D eigenvalue weighted by Crippen LogP contribution is 2.28. The van der Waals surface area contributed by atoms with Gasteiger partial charge >= 0.3 is 5.97 Å². The van der Waals surface area contributed by atoms with Gasteiger partial charge in [-0.15, -0.1) is 11.3 Å². The molecule has 3 heterocycles. The molecule has 0 spiro atoms. The van der Waals surface area contributed by atoms with E-state index in [1.165, 1.54) is 17.8 Å². The summed E-state index contributed by atoms with van der Waals surface area (Å²) in [5.41, 5.74) is 0.886. The van der Waals surface area contributed by atoms with Crippen molar-refractivity contribution in [1.82, 2.24) is 9.88 Å². The van der Waals surface area contributed by atoms with Crippen LogP contribution in [0.15, 0.2) is 52.4 Å². The third-order valence-electron chi connectivity index (χ3n) is 5.01. The topological polar surface area (TPSA) is 66.6 Å². The molecule has 2 aromatic heterocycles. The zero-order chi connectivity index (χ0) is 18.6. The lowest BCUT2D eigenvalue weighted by Crippen LogP contribution is -2.35. The van der Waals surface area contributed by atoms with Crippen LogP contribution in [0, 0.1) is 5.92 Å². The summed E-state index contributed by atoms with van der Waals surface area (Å²) in [5, 5.41) is 12.6. The molecule has 5 nitrogen and oxygen atoms in total. The standard InChI is InChI=1S/C21H22N2O3S/c24-21(25)18-6-2-1-5-17(18)19-8-7-16(26-19)14-23-10-3-4-15(13-23)12-20-22-9-11-27-20/h1-2,5-9,11,15H,3-4,10,12-14H2,(H,24,25)/t15-/m1/s1. The van der Waals surface area contributed by atoms with Gasteiger partial charge in [0.25, 0.3) is 0 Å². The molecule has 0 unspecified atom stereocenters. The van der Waals surface area contributed by atoms with E-state index in [1.807, 2.05) is 29.8 Å². The number of aromatic carboxylic acids is 1. The first-order valence-corrected chi connectivity index (χ1v) is 10.1. The number of furan rings is 1. The van der Waals surface area contributed by atoms with Gasteiger partial charge in [0.2, 0.25) is 0 Å². The highest BCUT2D eigenvalue weighted by atomic mass is 32.1. The van der Waals surface area contributed by atoms with Crippen LogP contribution in [0.2, 0.25) is 0 Å². The Labute approximate surface area is 162 Å². The number of benzene rings is 1. The minimum absolute atomic E-state index is 0.264. The maximum Gasteiger partial charge on any atom is 0.336 e. The normalized spacial score (nSPS) is 17.9. The van der Waals surface area contributed by atoms with Crippen LogP contribution < -0.4 is 0 Å². The summed E-state index contributed by atoms with van der Waals surface area (Å²) in [7, 11) is 0. The molecule has 1 N–H and O–H groups in total. The third-order valence-corrected chi connectivity index (χ3v) is 5.82. The fourth-order valence-electron chi connectivity index (χ4n) is 3.77. The summed E-state index contributed by atoms with van der Waals surface area (Å²) in [5.74, 6) is 1.18. The van der Waals surface area contributed by atoms with E-state index < -0.39 is 5.97 Å². The van der Waals surface area contributed by atoms with Gasteiger partial charge in [0.1, 0.15) is 11.5 Å². The van der Waals surface area contributed by atoms with E-state index >= 15 is 0 Å². The van der Waals surface area contributed by atoms with Crippen molar-refractivity contribution in [3.05, 3.63) is 64.3 Å². The number of thiazole rings is 1. The van der Waals surface area contributed by atoms with Gasteiger partial charge in [0.15, 0.2) is 0 Å². The van der Waals surface area contributed by atoms with Crippen LogP contribution in [-0.2, 0) is 13.0 Å². The van der Waals surface area contributed by atoms with Gasteiger partial charge in [-0.25, -0.2) is 9.78 Å². The van der Waals surface area contributed by atoms with Crippen molar-refractivity contribution < 1.29 is 14.3 Å². The monoisotopic (exact) mass is 382 g/mol. The minimum Gasteiger partial charge on any atom is -0.478 e. The van der Waals surface area contributed by atoms with Crippen molar-refractivity contribution >= 4 is 17.3 Å². The Balaban J connectivity index is 1.43. The van der Waals surface area contributed by atoms with Crippen molar-refractivity contribution in [2.24, 2.45) is 5.92 Å². The first-order valence-electron chi connectivity index (χ1n) is 9.21. The minimum atomic E-state index is -0.940. The van der Waals surface area contributed by atoms with Gasteiger partial charge in [-0.05, 0) is 43.5 Å². The van der Waals surface area contributed by atoms with E-state index in [2.05, 4.69) is 9.88 Å². The molecule has 1 fully saturated rings. The Bertz CT molecular complexity index is 904. The second-order valence-electron chi connectivity index (χ2n) is 6.99. The number of carboxylic acid groups (broad SMARTS) is 1. The summed E-state index contributed by atoms with van der Waals surface area (Å²) < 4.78 is 5.99. The summed E-state index contributed by atoms with van der Waals surface area (Å²) in [4.78, 5) is 18.3. The van der Waals surface area contributed by atoms with E-state index in [-0.39, 0.29) is 5.56 Å². The molecule has 1 atom stereocenters. The number of carboxylic acids is 1. The molecule has 4 rings (SSSR count). The first kappa shape index (κ1) is 17.9. The second kappa shape index (κ2) is 8.06. The lowest BCUT2D eigenvalue weighted by molar-refractivity contribution is 0.0697. The molecule has 1 saturated heterocycles.